The van der Waals surface area contributed by atoms with Gasteiger partial charge in [0.25, 0.3) is 11.1 Å². The monoisotopic (exact) mass is 380 g/mol. The second kappa shape index (κ2) is 8.01. The number of rotatable bonds is 5. The van der Waals surface area contributed by atoms with Gasteiger partial charge in [-0.25, -0.2) is 0 Å². The summed E-state index contributed by atoms with van der Waals surface area (Å²) in [5.74, 6) is 0.280. The van der Waals surface area contributed by atoms with Gasteiger partial charge in [0.15, 0.2) is 0 Å². The van der Waals surface area contributed by atoms with Crippen LogP contribution in [0.2, 0.25) is 0 Å². The van der Waals surface area contributed by atoms with Gasteiger partial charge in [-0.1, -0.05) is 38.1 Å². The summed E-state index contributed by atoms with van der Waals surface area (Å²) < 4.78 is 0. The molecule has 0 spiro atoms. The van der Waals surface area contributed by atoms with E-state index in [1.54, 1.807) is 6.08 Å². The Bertz CT molecular complexity index is 915. The summed E-state index contributed by atoms with van der Waals surface area (Å²) >= 11 is 0.946. The van der Waals surface area contributed by atoms with Crippen LogP contribution in [0.5, 0.6) is 0 Å². The first kappa shape index (κ1) is 19.2. The third-order valence-electron chi connectivity index (χ3n) is 4.45. The summed E-state index contributed by atoms with van der Waals surface area (Å²) in [6.07, 6.45) is 1.79. The van der Waals surface area contributed by atoms with Crippen LogP contribution >= 0.6 is 11.8 Å². The van der Waals surface area contributed by atoms with Crippen LogP contribution in [0, 0.1) is 19.8 Å². The average molecular weight is 381 g/mol. The van der Waals surface area contributed by atoms with Gasteiger partial charge in [0.1, 0.15) is 0 Å². The lowest BCUT2D eigenvalue weighted by molar-refractivity contribution is -0.115. The summed E-state index contributed by atoms with van der Waals surface area (Å²) in [6, 6.07) is 12.7. The zero-order valence-corrected chi connectivity index (χ0v) is 16.9. The molecule has 0 atom stereocenters. The molecule has 2 aromatic carbocycles. The maximum Gasteiger partial charge on any atom is 0.290 e. The minimum atomic E-state index is -0.324. The van der Waals surface area contributed by atoms with Crippen LogP contribution in [0.1, 0.15) is 30.5 Å². The van der Waals surface area contributed by atoms with Crippen molar-refractivity contribution < 1.29 is 9.59 Å². The van der Waals surface area contributed by atoms with Crippen LogP contribution in [0.15, 0.2) is 41.3 Å². The first-order chi connectivity index (χ1) is 12.8. The molecule has 1 fully saturated rings. The summed E-state index contributed by atoms with van der Waals surface area (Å²) in [5.41, 5.74) is 6.61. The van der Waals surface area contributed by atoms with Gasteiger partial charge in [0.2, 0.25) is 0 Å². The number of amides is 2. The molecule has 0 radical (unpaired) electrons. The van der Waals surface area contributed by atoms with Crippen molar-refractivity contribution in [3.05, 3.63) is 58.0 Å². The highest BCUT2D eigenvalue weighted by Crippen LogP contribution is 2.31. The number of nitrogens with one attached hydrogen (secondary N) is 2. The molecule has 140 valence electrons. The van der Waals surface area contributed by atoms with Gasteiger partial charge in [0, 0.05) is 12.2 Å². The van der Waals surface area contributed by atoms with Crippen LogP contribution in [-0.4, -0.2) is 17.7 Å². The van der Waals surface area contributed by atoms with Crippen molar-refractivity contribution in [3.63, 3.8) is 0 Å². The van der Waals surface area contributed by atoms with E-state index in [0.29, 0.717) is 10.8 Å². The molecule has 1 heterocycles. The topological polar surface area (TPSA) is 58.2 Å². The van der Waals surface area contributed by atoms with Gasteiger partial charge in [-0.05, 0) is 77.6 Å². The number of hydrogen-bond acceptors (Lipinski definition) is 4. The molecular weight excluding hydrogens is 356 g/mol. The molecule has 1 aliphatic heterocycles. The predicted octanol–water partition coefficient (Wildman–Crippen LogP) is 5.36. The lowest BCUT2D eigenvalue weighted by Crippen LogP contribution is -2.17. The van der Waals surface area contributed by atoms with E-state index in [1.807, 2.05) is 6.92 Å². The molecule has 0 aromatic heterocycles. The molecule has 0 bridgehead atoms. The van der Waals surface area contributed by atoms with E-state index < -0.39 is 0 Å². The van der Waals surface area contributed by atoms with Gasteiger partial charge in [-0.3, -0.25) is 14.9 Å². The highest BCUT2D eigenvalue weighted by molar-refractivity contribution is 8.18. The van der Waals surface area contributed by atoms with E-state index >= 15 is 0 Å². The summed E-state index contributed by atoms with van der Waals surface area (Å²) in [7, 11) is 0. The van der Waals surface area contributed by atoms with Crippen LogP contribution in [0.4, 0.5) is 10.5 Å². The van der Waals surface area contributed by atoms with Crippen molar-refractivity contribution in [1.82, 2.24) is 5.32 Å². The van der Waals surface area contributed by atoms with Gasteiger partial charge in [-0.2, -0.15) is 0 Å². The Kier molecular flexibility index (Phi) is 5.71. The van der Waals surface area contributed by atoms with Crippen LogP contribution in [-0.2, 0) is 4.79 Å². The zero-order valence-electron chi connectivity index (χ0n) is 16.1. The van der Waals surface area contributed by atoms with Crippen molar-refractivity contribution >= 4 is 34.7 Å². The van der Waals surface area contributed by atoms with Crippen molar-refractivity contribution in [3.8, 4) is 11.1 Å². The molecule has 0 unspecified atom stereocenters. The Morgan fingerprint density at radius 3 is 2.37 bits per heavy atom. The highest BCUT2D eigenvalue weighted by atomic mass is 32.2. The third kappa shape index (κ3) is 4.61. The predicted molar refractivity (Wildman–Crippen MR) is 114 cm³/mol. The summed E-state index contributed by atoms with van der Waals surface area (Å²) in [6.45, 7) is 9.42. The molecule has 3 rings (SSSR count). The first-order valence-electron chi connectivity index (χ1n) is 9.04. The number of aryl methyl sites for hydroxylation is 2. The Hall–Kier alpha value is -2.53. The Morgan fingerprint density at radius 1 is 1.07 bits per heavy atom. The fraction of sp³-hybridized carbons (Fsp3) is 0.273. The summed E-state index contributed by atoms with van der Waals surface area (Å²) in [4.78, 5) is 23.6. The van der Waals surface area contributed by atoms with E-state index in [9.17, 15) is 9.59 Å². The van der Waals surface area contributed by atoms with Gasteiger partial charge >= 0.3 is 0 Å². The number of benzene rings is 2. The smallest absolute Gasteiger partial charge is 0.290 e. The van der Waals surface area contributed by atoms with E-state index in [0.717, 1.165) is 46.2 Å². The number of carbonyl (C=O) groups is 2. The van der Waals surface area contributed by atoms with Gasteiger partial charge < -0.3 is 5.32 Å². The maximum absolute atomic E-state index is 11.8. The number of anilines is 1. The van der Waals surface area contributed by atoms with Crippen molar-refractivity contribution in [2.24, 2.45) is 5.92 Å². The fourth-order valence-electron chi connectivity index (χ4n) is 2.96. The molecular formula is C22H24N2O2S. The molecule has 0 saturated carbocycles. The van der Waals surface area contributed by atoms with Crippen LogP contribution in [0.25, 0.3) is 17.2 Å². The molecule has 27 heavy (non-hydrogen) atoms. The number of carbonyl (C=O) groups excluding carboxylic acids is 2. The second-order valence-corrected chi connectivity index (χ2v) is 8.24. The van der Waals surface area contributed by atoms with E-state index in [2.05, 4.69) is 67.8 Å². The Morgan fingerprint density at radius 2 is 1.78 bits per heavy atom. The van der Waals surface area contributed by atoms with Crippen molar-refractivity contribution in [1.29, 1.82) is 0 Å². The van der Waals surface area contributed by atoms with E-state index in [4.69, 9.17) is 0 Å². The third-order valence-corrected chi connectivity index (χ3v) is 5.26. The van der Waals surface area contributed by atoms with Crippen molar-refractivity contribution in [2.45, 2.75) is 27.7 Å². The van der Waals surface area contributed by atoms with E-state index in [-0.39, 0.29) is 11.1 Å². The lowest BCUT2D eigenvalue weighted by atomic mass is 9.94. The minimum absolute atomic E-state index is 0.316. The Labute approximate surface area is 164 Å². The molecule has 0 aliphatic carbocycles. The molecule has 4 nitrogen and oxygen atoms in total. The normalized spacial score (nSPS) is 15.5. The average Bonchev–Trinajstić information content (AvgIpc) is 2.93. The number of thioether (sulfide) groups is 1. The summed E-state index contributed by atoms with van der Waals surface area (Å²) in [5, 5.41) is 5.41. The van der Waals surface area contributed by atoms with Crippen LogP contribution < -0.4 is 10.6 Å². The van der Waals surface area contributed by atoms with Crippen LogP contribution in [0.3, 0.4) is 0 Å². The quantitative estimate of drug-likeness (QED) is 0.686. The highest BCUT2D eigenvalue weighted by Gasteiger charge is 2.25. The minimum Gasteiger partial charge on any atom is -0.385 e. The largest absolute Gasteiger partial charge is 0.385 e. The standard InChI is InChI=1S/C22H24N2O2S/c1-13(2)12-23-18-7-5-16(6-8-18)19-10-14(3)17(9-15(19)4)11-20-21(25)24-22(26)27-20/h5-11,13,23H,12H2,1-4H3,(H,24,25,26)/b20-11-. The van der Waals surface area contributed by atoms with Gasteiger partial charge in [0.05, 0.1) is 4.91 Å². The number of imide groups is 1. The molecule has 2 aromatic rings. The SMILES string of the molecule is Cc1cc(-c2ccc(NCC(C)C)cc2)c(C)cc1/C=C1\SC(=O)NC1=O. The lowest BCUT2D eigenvalue weighted by Gasteiger charge is -2.13. The maximum atomic E-state index is 11.8. The first-order valence-corrected chi connectivity index (χ1v) is 9.85. The zero-order chi connectivity index (χ0) is 19.6. The van der Waals surface area contributed by atoms with Crippen molar-refractivity contribution in [2.75, 3.05) is 11.9 Å². The molecule has 2 amide bonds. The fourth-order valence-corrected chi connectivity index (χ4v) is 3.63. The molecule has 1 saturated heterocycles. The molecule has 1 aliphatic rings. The Balaban J connectivity index is 1.86. The molecule has 2 N–H and O–H groups in total. The number of hydrogen-bond donors (Lipinski definition) is 2. The molecule has 5 heteroatoms. The van der Waals surface area contributed by atoms with E-state index in [1.165, 1.54) is 5.56 Å². The second-order valence-electron chi connectivity index (χ2n) is 7.23. The van der Waals surface area contributed by atoms with Gasteiger partial charge in [-0.15, -0.1) is 0 Å².